The molecule has 12 rings (SSSR count). The van der Waals surface area contributed by atoms with Crippen molar-refractivity contribution in [1.82, 2.24) is 15.0 Å². The number of fused-ring (bicyclic) bond motifs is 9. The number of nitrogens with zero attached hydrogens (tertiary/aromatic N) is 3. The normalized spacial score (nSPS) is 11.9. The van der Waals surface area contributed by atoms with Gasteiger partial charge in [-0.05, 0) is 85.9 Å². The first-order valence-corrected chi connectivity index (χ1v) is 18.8. The Labute approximate surface area is 320 Å². The second-order valence-electron chi connectivity index (χ2n) is 14.4. The van der Waals surface area contributed by atoms with E-state index in [-0.39, 0.29) is 0 Å². The number of rotatable bonds is 4. The predicted molar refractivity (Wildman–Crippen MR) is 229 cm³/mol. The molecule has 0 bridgehead atoms. The van der Waals surface area contributed by atoms with Gasteiger partial charge in [0.05, 0.1) is 0 Å². The van der Waals surface area contributed by atoms with Gasteiger partial charge in [-0.15, -0.1) is 0 Å². The highest BCUT2D eigenvalue weighted by Crippen LogP contribution is 2.43. The maximum atomic E-state index is 6.48. The minimum atomic E-state index is 0.570. The first kappa shape index (κ1) is 30.8. The van der Waals surface area contributed by atoms with Gasteiger partial charge in [0.15, 0.2) is 17.5 Å². The van der Waals surface area contributed by atoms with E-state index in [9.17, 15) is 0 Å². The van der Waals surface area contributed by atoms with E-state index in [0.717, 1.165) is 87.7 Å². The molecule has 0 atom stereocenters. The van der Waals surface area contributed by atoms with E-state index in [4.69, 9.17) is 23.8 Å². The van der Waals surface area contributed by atoms with Crippen LogP contribution in [0.5, 0.6) is 0 Å². The van der Waals surface area contributed by atoms with Crippen LogP contribution >= 0.6 is 0 Å². The zero-order valence-electron chi connectivity index (χ0n) is 29.9. The maximum absolute atomic E-state index is 6.48. The summed E-state index contributed by atoms with van der Waals surface area (Å²) in [7, 11) is 0. The topological polar surface area (TPSA) is 65.0 Å². The standard InChI is InChI=1S/C51H29N3O2/c1-2-11-32-26-33(23-20-30(32)10-1)34-24-21-31-22-25-36(28-37(31)27-34)49-52-50(41-16-9-19-44-46(41)39-14-5-7-17-42(39)55-44)54-51(53-49)48-38-13-4-3-12-35(38)29-45-47(48)40-15-6-8-18-43(40)56-45/h1-29H. The molecule has 0 amide bonds. The number of aromatic nitrogens is 3. The first-order chi connectivity index (χ1) is 27.7. The Morgan fingerprint density at radius 1 is 0.304 bits per heavy atom. The highest BCUT2D eigenvalue weighted by Gasteiger charge is 2.22. The van der Waals surface area contributed by atoms with Crippen LogP contribution in [-0.2, 0) is 0 Å². The summed E-state index contributed by atoms with van der Waals surface area (Å²) < 4.78 is 12.8. The summed E-state index contributed by atoms with van der Waals surface area (Å²) >= 11 is 0. The van der Waals surface area contributed by atoms with Crippen LogP contribution < -0.4 is 0 Å². The van der Waals surface area contributed by atoms with Crippen molar-refractivity contribution in [3.63, 3.8) is 0 Å². The zero-order valence-corrected chi connectivity index (χ0v) is 29.9. The fourth-order valence-corrected chi connectivity index (χ4v) is 8.42. The first-order valence-electron chi connectivity index (χ1n) is 18.8. The fraction of sp³-hybridized carbons (Fsp3) is 0. The molecule has 0 fully saturated rings. The molecule has 260 valence electrons. The Bertz CT molecular complexity index is 3560. The Balaban J connectivity index is 1.13. The summed E-state index contributed by atoms with van der Waals surface area (Å²) in [5.41, 5.74) is 8.24. The molecule has 5 heteroatoms. The second kappa shape index (κ2) is 11.9. The Hall–Kier alpha value is -7.63. The molecule has 3 aromatic heterocycles. The molecule has 9 aromatic carbocycles. The molecule has 56 heavy (non-hydrogen) atoms. The molecule has 0 spiro atoms. The molecule has 0 aliphatic rings. The van der Waals surface area contributed by atoms with Crippen molar-refractivity contribution in [3.8, 4) is 45.3 Å². The molecule has 0 radical (unpaired) electrons. The van der Waals surface area contributed by atoms with Crippen molar-refractivity contribution in [2.24, 2.45) is 0 Å². The minimum absolute atomic E-state index is 0.570. The predicted octanol–water partition coefficient (Wildman–Crippen LogP) is 13.8. The third-order valence-electron chi connectivity index (χ3n) is 11.1. The SMILES string of the molecule is c1ccc2cc(-c3ccc4ccc(-c5nc(-c6cccc7oc8ccccc8c67)nc(-c6c7ccccc7cc7oc8ccccc8c67)n5)cc4c3)ccc2c1. The summed E-state index contributed by atoms with van der Waals surface area (Å²) in [5, 5.41) is 10.8. The quantitative estimate of drug-likeness (QED) is 0.181. The number of hydrogen-bond donors (Lipinski definition) is 0. The van der Waals surface area contributed by atoms with Gasteiger partial charge >= 0.3 is 0 Å². The van der Waals surface area contributed by atoms with Gasteiger partial charge < -0.3 is 8.83 Å². The van der Waals surface area contributed by atoms with Crippen LogP contribution in [-0.4, -0.2) is 15.0 Å². The highest BCUT2D eigenvalue weighted by molar-refractivity contribution is 6.20. The van der Waals surface area contributed by atoms with Crippen LogP contribution in [0.15, 0.2) is 185 Å². The molecule has 0 aliphatic heterocycles. The highest BCUT2D eigenvalue weighted by atomic mass is 16.3. The van der Waals surface area contributed by atoms with Crippen LogP contribution in [0.2, 0.25) is 0 Å². The van der Waals surface area contributed by atoms with Gasteiger partial charge in [0.1, 0.15) is 22.3 Å². The number of hydrogen-bond acceptors (Lipinski definition) is 5. The summed E-state index contributed by atoms with van der Waals surface area (Å²) in [5.74, 6) is 1.73. The van der Waals surface area contributed by atoms with Gasteiger partial charge in [0, 0.05) is 38.2 Å². The Morgan fingerprint density at radius 3 is 1.62 bits per heavy atom. The third kappa shape index (κ3) is 4.78. The van der Waals surface area contributed by atoms with Crippen LogP contribution in [0.4, 0.5) is 0 Å². The van der Waals surface area contributed by atoms with E-state index in [0.29, 0.717) is 17.5 Å². The van der Waals surface area contributed by atoms with Crippen molar-refractivity contribution in [2.75, 3.05) is 0 Å². The number of para-hydroxylation sites is 2. The molecule has 5 nitrogen and oxygen atoms in total. The van der Waals surface area contributed by atoms with Gasteiger partial charge in [-0.1, -0.05) is 133 Å². The molecule has 0 saturated carbocycles. The van der Waals surface area contributed by atoms with E-state index in [1.165, 1.54) is 16.3 Å². The van der Waals surface area contributed by atoms with Crippen LogP contribution in [0.1, 0.15) is 0 Å². The van der Waals surface area contributed by atoms with Crippen LogP contribution in [0, 0.1) is 0 Å². The Morgan fingerprint density at radius 2 is 0.839 bits per heavy atom. The lowest BCUT2D eigenvalue weighted by Crippen LogP contribution is -2.01. The molecular weight excluding hydrogens is 687 g/mol. The average molecular weight is 716 g/mol. The summed E-state index contributed by atoms with van der Waals surface area (Å²) in [6.07, 6.45) is 0. The smallest absolute Gasteiger partial charge is 0.165 e. The third-order valence-corrected chi connectivity index (χ3v) is 11.1. The monoisotopic (exact) mass is 715 g/mol. The summed E-state index contributed by atoms with van der Waals surface area (Å²) in [6, 6.07) is 61.1. The van der Waals surface area contributed by atoms with Crippen LogP contribution in [0.3, 0.4) is 0 Å². The summed E-state index contributed by atoms with van der Waals surface area (Å²) in [4.78, 5) is 16.0. The number of furan rings is 2. The molecule has 0 unspecified atom stereocenters. The van der Waals surface area contributed by atoms with Gasteiger partial charge in [0.2, 0.25) is 0 Å². The van der Waals surface area contributed by atoms with Gasteiger partial charge in [-0.25, -0.2) is 15.0 Å². The van der Waals surface area contributed by atoms with Crippen molar-refractivity contribution in [3.05, 3.63) is 176 Å². The average Bonchev–Trinajstić information content (AvgIpc) is 3.83. The van der Waals surface area contributed by atoms with E-state index in [2.05, 4.69) is 127 Å². The molecular formula is C51H29N3O2. The van der Waals surface area contributed by atoms with Gasteiger partial charge in [-0.2, -0.15) is 0 Å². The zero-order chi connectivity index (χ0) is 36.7. The van der Waals surface area contributed by atoms with Crippen molar-refractivity contribution in [1.29, 1.82) is 0 Å². The van der Waals surface area contributed by atoms with Gasteiger partial charge in [0.25, 0.3) is 0 Å². The number of benzene rings is 9. The van der Waals surface area contributed by atoms with E-state index in [1.54, 1.807) is 0 Å². The fourth-order valence-electron chi connectivity index (χ4n) is 8.42. The molecule has 0 N–H and O–H groups in total. The van der Waals surface area contributed by atoms with Crippen LogP contribution in [0.25, 0.3) is 121 Å². The lowest BCUT2D eigenvalue weighted by atomic mass is 9.97. The Kier molecular flexibility index (Phi) is 6.56. The maximum Gasteiger partial charge on any atom is 0.165 e. The largest absolute Gasteiger partial charge is 0.456 e. The molecule has 0 aliphatic carbocycles. The van der Waals surface area contributed by atoms with Crippen molar-refractivity contribution in [2.45, 2.75) is 0 Å². The summed E-state index contributed by atoms with van der Waals surface area (Å²) in [6.45, 7) is 0. The minimum Gasteiger partial charge on any atom is -0.456 e. The van der Waals surface area contributed by atoms with Gasteiger partial charge in [-0.3, -0.25) is 0 Å². The second-order valence-corrected chi connectivity index (χ2v) is 14.4. The van der Waals surface area contributed by atoms with E-state index >= 15 is 0 Å². The lowest BCUT2D eigenvalue weighted by Gasteiger charge is -2.13. The molecule has 3 heterocycles. The van der Waals surface area contributed by atoms with Crippen molar-refractivity contribution < 1.29 is 8.83 Å². The van der Waals surface area contributed by atoms with Crippen molar-refractivity contribution >= 4 is 76.2 Å². The molecule has 12 aromatic rings. The van der Waals surface area contributed by atoms with E-state index < -0.39 is 0 Å². The lowest BCUT2D eigenvalue weighted by molar-refractivity contribution is 0.669. The van der Waals surface area contributed by atoms with E-state index in [1.807, 2.05) is 48.5 Å². The molecule has 0 saturated heterocycles.